The van der Waals surface area contributed by atoms with Crippen molar-refractivity contribution in [2.75, 3.05) is 13.1 Å². The zero-order valence-electron chi connectivity index (χ0n) is 17.2. The van der Waals surface area contributed by atoms with Gasteiger partial charge in [0.1, 0.15) is 0 Å². The Hall–Kier alpha value is -2.63. The Labute approximate surface area is 167 Å². The molecule has 0 saturated heterocycles. The van der Waals surface area contributed by atoms with Crippen molar-refractivity contribution in [1.82, 2.24) is 15.6 Å². The molecule has 0 radical (unpaired) electrons. The van der Waals surface area contributed by atoms with Gasteiger partial charge in [-0.1, -0.05) is 52.0 Å². The van der Waals surface area contributed by atoms with Gasteiger partial charge in [-0.15, -0.1) is 0 Å². The van der Waals surface area contributed by atoms with Gasteiger partial charge in [-0.2, -0.15) is 0 Å². The largest absolute Gasteiger partial charge is 0.441 e. The predicted molar refractivity (Wildman–Crippen MR) is 110 cm³/mol. The molecule has 0 aliphatic carbocycles. The number of oxazole rings is 1. The van der Waals surface area contributed by atoms with Crippen LogP contribution in [-0.4, -0.2) is 29.9 Å². The van der Waals surface area contributed by atoms with E-state index < -0.39 is 0 Å². The van der Waals surface area contributed by atoms with Crippen LogP contribution in [0.3, 0.4) is 0 Å². The summed E-state index contributed by atoms with van der Waals surface area (Å²) in [5.41, 5.74) is 2.29. The highest BCUT2D eigenvalue weighted by Crippen LogP contribution is 2.22. The summed E-state index contributed by atoms with van der Waals surface area (Å²) in [7, 11) is 0. The number of rotatable bonds is 10. The summed E-state index contributed by atoms with van der Waals surface area (Å²) in [6, 6.07) is 8.31. The van der Waals surface area contributed by atoms with E-state index >= 15 is 0 Å². The summed E-state index contributed by atoms with van der Waals surface area (Å²) in [5.74, 6) is 1.73. The van der Waals surface area contributed by atoms with Gasteiger partial charge in [0.15, 0.2) is 11.7 Å². The smallest absolute Gasteiger partial charge is 0.222 e. The minimum absolute atomic E-state index is 0.0150. The molecule has 1 heterocycles. The zero-order chi connectivity index (χ0) is 20.5. The number of hydrogen-bond acceptors (Lipinski definition) is 4. The van der Waals surface area contributed by atoms with Crippen molar-refractivity contribution in [1.29, 1.82) is 0 Å². The Morgan fingerprint density at radius 1 is 1.04 bits per heavy atom. The molecule has 28 heavy (non-hydrogen) atoms. The minimum Gasteiger partial charge on any atom is -0.441 e. The molecule has 2 aromatic rings. The van der Waals surface area contributed by atoms with Crippen LogP contribution in [0.2, 0.25) is 0 Å². The molecule has 0 aliphatic rings. The van der Waals surface area contributed by atoms with E-state index in [2.05, 4.69) is 41.6 Å². The van der Waals surface area contributed by atoms with Gasteiger partial charge in [-0.25, -0.2) is 4.98 Å². The van der Waals surface area contributed by atoms with Crippen LogP contribution in [-0.2, 0) is 22.4 Å². The average molecular weight is 386 g/mol. The second kappa shape index (κ2) is 10.6. The third-order valence-corrected chi connectivity index (χ3v) is 4.27. The number of hydrogen-bond donors (Lipinski definition) is 2. The van der Waals surface area contributed by atoms with Crippen molar-refractivity contribution in [3.8, 4) is 11.3 Å². The third kappa shape index (κ3) is 7.18. The Balaban J connectivity index is 1.75. The van der Waals surface area contributed by atoms with E-state index in [1.54, 1.807) is 6.20 Å². The highest BCUT2D eigenvalue weighted by Gasteiger charge is 2.10. The molecule has 0 spiro atoms. The number of carbonyl (C=O) groups excluding carboxylic acids is 2. The van der Waals surface area contributed by atoms with Crippen LogP contribution in [0, 0.1) is 11.8 Å². The van der Waals surface area contributed by atoms with Crippen molar-refractivity contribution in [3.63, 3.8) is 0 Å². The van der Waals surface area contributed by atoms with Crippen molar-refractivity contribution in [3.05, 3.63) is 41.9 Å². The van der Waals surface area contributed by atoms with E-state index in [0.717, 1.165) is 12.0 Å². The molecule has 2 N–H and O–H groups in total. The summed E-state index contributed by atoms with van der Waals surface area (Å²) in [6.07, 6.45) is 3.49. The van der Waals surface area contributed by atoms with Gasteiger partial charge >= 0.3 is 0 Å². The summed E-state index contributed by atoms with van der Waals surface area (Å²) in [6.45, 7) is 8.91. The molecule has 1 aromatic heterocycles. The lowest BCUT2D eigenvalue weighted by molar-refractivity contribution is -0.124. The fraction of sp³-hybridized carbons (Fsp3) is 0.500. The van der Waals surface area contributed by atoms with Crippen LogP contribution >= 0.6 is 0 Å². The monoisotopic (exact) mass is 385 g/mol. The van der Waals surface area contributed by atoms with E-state index in [9.17, 15) is 9.59 Å². The molecule has 0 saturated carbocycles. The number of carbonyl (C=O) groups is 2. The second-order valence-electron chi connectivity index (χ2n) is 7.71. The van der Waals surface area contributed by atoms with Crippen molar-refractivity contribution in [2.45, 2.75) is 47.0 Å². The third-order valence-electron chi connectivity index (χ3n) is 4.27. The van der Waals surface area contributed by atoms with Crippen molar-refractivity contribution in [2.24, 2.45) is 11.8 Å². The van der Waals surface area contributed by atoms with E-state index in [4.69, 9.17) is 4.42 Å². The topological polar surface area (TPSA) is 84.2 Å². The minimum atomic E-state index is -0.0865. The molecule has 0 bridgehead atoms. The van der Waals surface area contributed by atoms with E-state index in [1.807, 2.05) is 26.0 Å². The molecular weight excluding hydrogens is 354 g/mol. The van der Waals surface area contributed by atoms with Crippen LogP contribution in [0.15, 0.2) is 34.9 Å². The molecule has 152 valence electrons. The number of aryl methyl sites for hydroxylation is 1. The van der Waals surface area contributed by atoms with Gasteiger partial charge in [-0.05, 0) is 17.9 Å². The van der Waals surface area contributed by atoms with Gasteiger partial charge in [0.25, 0.3) is 0 Å². The molecule has 1 aromatic carbocycles. The predicted octanol–water partition coefficient (Wildman–Crippen LogP) is 3.36. The van der Waals surface area contributed by atoms with Crippen LogP contribution in [0.1, 0.15) is 45.6 Å². The lowest BCUT2D eigenvalue weighted by Gasteiger charge is -2.08. The fourth-order valence-corrected chi connectivity index (χ4v) is 2.74. The van der Waals surface area contributed by atoms with Crippen LogP contribution in [0.5, 0.6) is 0 Å². The van der Waals surface area contributed by atoms with Crippen LogP contribution in [0.25, 0.3) is 11.3 Å². The quantitative estimate of drug-likeness (QED) is 0.614. The Bertz CT molecular complexity index is 764. The Kier molecular flexibility index (Phi) is 8.23. The van der Waals surface area contributed by atoms with E-state index in [-0.39, 0.29) is 17.7 Å². The first-order chi connectivity index (χ1) is 13.3. The first kappa shape index (κ1) is 21.7. The Morgan fingerprint density at radius 2 is 1.71 bits per heavy atom. The van der Waals surface area contributed by atoms with Gasteiger partial charge in [-0.3, -0.25) is 9.59 Å². The maximum absolute atomic E-state index is 11.9. The fourth-order valence-electron chi connectivity index (χ4n) is 2.74. The lowest BCUT2D eigenvalue weighted by Crippen LogP contribution is -2.36. The normalized spacial score (nSPS) is 11.1. The van der Waals surface area contributed by atoms with Gasteiger partial charge in [0.05, 0.1) is 6.20 Å². The summed E-state index contributed by atoms with van der Waals surface area (Å²) >= 11 is 0. The van der Waals surface area contributed by atoms with Gasteiger partial charge in [0, 0.05) is 37.4 Å². The molecule has 2 amide bonds. The van der Waals surface area contributed by atoms with Gasteiger partial charge < -0.3 is 15.1 Å². The van der Waals surface area contributed by atoms with E-state index in [0.29, 0.717) is 43.5 Å². The molecule has 0 unspecified atom stereocenters. The first-order valence-corrected chi connectivity index (χ1v) is 9.93. The number of aromatic nitrogens is 1. The van der Waals surface area contributed by atoms with Crippen LogP contribution < -0.4 is 10.6 Å². The molecule has 0 atom stereocenters. The zero-order valence-corrected chi connectivity index (χ0v) is 17.2. The Morgan fingerprint density at radius 3 is 2.36 bits per heavy atom. The molecular formula is C22H31N3O3. The average Bonchev–Trinajstić information content (AvgIpc) is 3.12. The van der Waals surface area contributed by atoms with E-state index in [1.165, 1.54) is 5.56 Å². The number of nitrogens with one attached hydrogen (secondary N) is 2. The summed E-state index contributed by atoms with van der Waals surface area (Å²) < 4.78 is 5.78. The number of amides is 2. The number of benzene rings is 1. The molecule has 0 fully saturated rings. The standard InChI is InChI=1S/C22H31N3O3/c1-15(2)13-17-5-7-18(8-6-17)19-14-25-21(28-19)10-9-20(26)23-11-12-24-22(27)16(3)4/h5-8,14-16H,9-13H2,1-4H3,(H,23,26)(H,24,27). The first-order valence-electron chi connectivity index (χ1n) is 9.93. The SMILES string of the molecule is CC(C)Cc1ccc(-c2cnc(CCC(=O)NCCNC(=O)C(C)C)o2)cc1. The molecule has 6 nitrogen and oxygen atoms in total. The van der Waals surface area contributed by atoms with Crippen LogP contribution in [0.4, 0.5) is 0 Å². The summed E-state index contributed by atoms with van der Waals surface area (Å²) in [5, 5.41) is 5.55. The molecule has 2 rings (SSSR count). The highest BCUT2D eigenvalue weighted by molar-refractivity contribution is 5.78. The molecule has 6 heteroatoms. The number of nitrogens with zero attached hydrogens (tertiary/aromatic N) is 1. The summed E-state index contributed by atoms with van der Waals surface area (Å²) in [4.78, 5) is 27.6. The highest BCUT2D eigenvalue weighted by atomic mass is 16.4. The van der Waals surface area contributed by atoms with Gasteiger partial charge in [0.2, 0.25) is 11.8 Å². The maximum atomic E-state index is 11.9. The maximum Gasteiger partial charge on any atom is 0.222 e. The van der Waals surface area contributed by atoms with Crippen molar-refractivity contribution >= 4 is 11.8 Å². The second-order valence-corrected chi connectivity index (χ2v) is 7.71. The lowest BCUT2D eigenvalue weighted by atomic mass is 10.0. The molecule has 0 aliphatic heterocycles. The van der Waals surface area contributed by atoms with Crippen molar-refractivity contribution < 1.29 is 14.0 Å².